The number of aliphatic hydroxyl groups is 1. The molecule has 18 heavy (non-hydrogen) atoms. The van der Waals surface area contributed by atoms with E-state index in [2.05, 4.69) is 32.9 Å². The lowest BCUT2D eigenvalue weighted by molar-refractivity contribution is 0.162. The van der Waals surface area contributed by atoms with Gasteiger partial charge < -0.3 is 5.11 Å². The van der Waals surface area contributed by atoms with E-state index in [0.29, 0.717) is 0 Å². The lowest BCUT2D eigenvalue weighted by Crippen LogP contribution is -2.01. The van der Waals surface area contributed by atoms with Crippen LogP contribution in [0.5, 0.6) is 0 Å². The number of aliphatic hydroxyl groups excluding tert-OH is 1. The van der Waals surface area contributed by atoms with Crippen molar-refractivity contribution < 1.29 is 5.11 Å². The van der Waals surface area contributed by atoms with Crippen LogP contribution in [0.25, 0.3) is 0 Å². The van der Waals surface area contributed by atoms with E-state index in [4.69, 9.17) is 0 Å². The number of unbranched alkanes of at least 4 members (excludes halogenated alkanes) is 5. The van der Waals surface area contributed by atoms with Gasteiger partial charge in [-0.2, -0.15) is 0 Å². The van der Waals surface area contributed by atoms with Gasteiger partial charge in [0.25, 0.3) is 0 Å². The second-order valence-corrected chi connectivity index (χ2v) is 5.36. The average molecular weight is 248 g/mol. The van der Waals surface area contributed by atoms with Gasteiger partial charge in [0.1, 0.15) is 0 Å². The van der Waals surface area contributed by atoms with Gasteiger partial charge >= 0.3 is 0 Å². The topological polar surface area (TPSA) is 20.2 Å². The summed E-state index contributed by atoms with van der Waals surface area (Å²) in [4.78, 5) is 0. The average Bonchev–Trinajstić information content (AvgIpc) is 2.36. The van der Waals surface area contributed by atoms with Gasteiger partial charge in [-0.05, 0) is 37.0 Å². The first-order valence-corrected chi connectivity index (χ1v) is 7.41. The van der Waals surface area contributed by atoms with Crippen molar-refractivity contribution in [2.24, 2.45) is 0 Å². The molecule has 0 aliphatic carbocycles. The number of benzene rings is 1. The van der Waals surface area contributed by atoms with E-state index in [9.17, 15) is 5.11 Å². The summed E-state index contributed by atoms with van der Waals surface area (Å²) in [7, 11) is 0. The molecule has 0 spiro atoms. The molecule has 0 radical (unpaired) electrons. The number of aryl methyl sites for hydroxylation is 1. The molecule has 0 amide bonds. The zero-order valence-corrected chi connectivity index (χ0v) is 12.2. The Morgan fingerprint density at radius 3 is 2.39 bits per heavy atom. The third-order valence-electron chi connectivity index (χ3n) is 3.84. The normalized spacial score (nSPS) is 12.7. The summed E-state index contributed by atoms with van der Waals surface area (Å²) in [6.45, 7) is 6.45. The van der Waals surface area contributed by atoms with Crippen LogP contribution in [-0.4, -0.2) is 5.11 Å². The van der Waals surface area contributed by atoms with Gasteiger partial charge in [0, 0.05) is 0 Å². The number of rotatable bonds is 8. The van der Waals surface area contributed by atoms with Gasteiger partial charge in [-0.1, -0.05) is 63.6 Å². The first-order valence-electron chi connectivity index (χ1n) is 7.41. The smallest absolute Gasteiger partial charge is 0.0792 e. The van der Waals surface area contributed by atoms with Crippen molar-refractivity contribution in [2.45, 2.75) is 71.8 Å². The molecule has 0 heterocycles. The van der Waals surface area contributed by atoms with E-state index in [1.165, 1.54) is 43.2 Å². The molecule has 0 aromatic heterocycles. The summed E-state index contributed by atoms with van der Waals surface area (Å²) in [5, 5.41) is 10.2. The Labute approximate surface area is 112 Å². The second-order valence-electron chi connectivity index (χ2n) is 5.36. The standard InChI is InChI=1S/C17H28O/c1-4-5-6-7-8-9-13-17(18)16-12-10-11-14(2)15(16)3/h10-12,17-18H,4-9,13H2,1-3H3. The first kappa shape index (κ1) is 15.2. The van der Waals surface area contributed by atoms with E-state index in [1.807, 2.05) is 6.07 Å². The molecule has 0 saturated heterocycles. The van der Waals surface area contributed by atoms with Crippen LogP contribution in [0.4, 0.5) is 0 Å². The third-order valence-corrected chi connectivity index (χ3v) is 3.84. The number of hydrogen-bond donors (Lipinski definition) is 1. The second kappa shape index (κ2) is 8.31. The molecule has 0 aliphatic heterocycles. The van der Waals surface area contributed by atoms with Gasteiger partial charge in [-0.15, -0.1) is 0 Å². The SMILES string of the molecule is CCCCCCCCC(O)c1cccc(C)c1C. The van der Waals surface area contributed by atoms with Gasteiger partial charge in [0.2, 0.25) is 0 Å². The van der Waals surface area contributed by atoms with Gasteiger partial charge in [-0.3, -0.25) is 0 Å². The lowest BCUT2D eigenvalue weighted by Gasteiger charge is -2.15. The highest BCUT2D eigenvalue weighted by molar-refractivity contribution is 5.34. The fraction of sp³-hybridized carbons (Fsp3) is 0.647. The van der Waals surface area contributed by atoms with Crippen LogP contribution in [-0.2, 0) is 0 Å². The van der Waals surface area contributed by atoms with Crippen LogP contribution >= 0.6 is 0 Å². The minimum absolute atomic E-state index is 0.281. The first-order chi connectivity index (χ1) is 8.66. The maximum absolute atomic E-state index is 10.2. The van der Waals surface area contributed by atoms with Gasteiger partial charge in [0.15, 0.2) is 0 Å². The van der Waals surface area contributed by atoms with Crippen molar-refractivity contribution in [3.63, 3.8) is 0 Å². The van der Waals surface area contributed by atoms with Crippen molar-refractivity contribution in [1.82, 2.24) is 0 Å². The Balaban J connectivity index is 2.32. The van der Waals surface area contributed by atoms with E-state index < -0.39 is 0 Å². The van der Waals surface area contributed by atoms with Crippen LogP contribution < -0.4 is 0 Å². The molecule has 0 fully saturated rings. The molecule has 1 atom stereocenters. The molecule has 1 nitrogen and oxygen atoms in total. The summed E-state index contributed by atoms with van der Waals surface area (Å²) in [6, 6.07) is 6.21. The summed E-state index contributed by atoms with van der Waals surface area (Å²) >= 11 is 0. The Kier molecular flexibility index (Phi) is 7.04. The Morgan fingerprint density at radius 1 is 1.00 bits per heavy atom. The molecule has 1 heteroatoms. The summed E-state index contributed by atoms with van der Waals surface area (Å²) in [5.41, 5.74) is 3.63. The number of hydrogen-bond acceptors (Lipinski definition) is 1. The molecule has 1 aromatic carbocycles. The van der Waals surface area contributed by atoms with Crippen molar-refractivity contribution in [2.75, 3.05) is 0 Å². The Morgan fingerprint density at radius 2 is 1.67 bits per heavy atom. The molecular formula is C17H28O. The highest BCUT2D eigenvalue weighted by Gasteiger charge is 2.10. The highest BCUT2D eigenvalue weighted by Crippen LogP contribution is 2.24. The van der Waals surface area contributed by atoms with Crippen LogP contribution in [0.15, 0.2) is 18.2 Å². The minimum atomic E-state index is -0.281. The van der Waals surface area contributed by atoms with E-state index >= 15 is 0 Å². The Bertz CT molecular complexity index is 343. The molecular weight excluding hydrogens is 220 g/mol. The maximum Gasteiger partial charge on any atom is 0.0792 e. The van der Waals surface area contributed by atoms with E-state index in [-0.39, 0.29) is 6.10 Å². The molecule has 1 aromatic rings. The summed E-state index contributed by atoms with van der Waals surface area (Å²) in [6.07, 6.45) is 8.31. The molecule has 1 N–H and O–H groups in total. The van der Waals surface area contributed by atoms with Gasteiger partial charge in [0.05, 0.1) is 6.10 Å². The molecule has 0 saturated carbocycles. The van der Waals surface area contributed by atoms with Crippen molar-refractivity contribution in [3.05, 3.63) is 34.9 Å². The van der Waals surface area contributed by atoms with Crippen LogP contribution in [0.2, 0.25) is 0 Å². The minimum Gasteiger partial charge on any atom is -0.388 e. The largest absolute Gasteiger partial charge is 0.388 e. The predicted octanol–water partition coefficient (Wildman–Crippen LogP) is 5.09. The maximum atomic E-state index is 10.2. The Hall–Kier alpha value is -0.820. The zero-order valence-electron chi connectivity index (χ0n) is 12.2. The fourth-order valence-electron chi connectivity index (χ4n) is 2.41. The van der Waals surface area contributed by atoms with Crippen molar-refractivity contribution in [3.8, 4) is 0 Å². The molecule has 1 unspecified atom stereocenters. The van der Waals surface area contributed by atoms with Crippen molar-refractivity contribution >= 4 is 0 Å². The quantitative estimate of drug-likeness (QED) is 0.635. The van der Waals surface area contributed by atoms with Crippen molar-refractivity contribution in [1.29, 1.82) is 0 Å². The van der Waals surface area contributed by atoms with E-state index in [0.717, 1.165) is 18.4 Å². The van der Waals surface area contributed by atoms with Crippen LogP contribution in [0.3, 0.4) is 0 Å². The summed E-state index contributed by atoms with van der Waals surface area (Å²) in [5.74, 6) is 0. The summed E-state index contributed by atoms with van der Waals surface area (Å²) < 4.78 is 0. The molecule has 0 bridgehead atoms. The fourth-order valence-corrected chi connectivity index (χ4v) is 2.41. The lowest BCUT2D eigenvalue weighted by atomic mass is 9.96. The van der Waals surface area contributed by atoms with E-state index in [1.54, 1.807) is 0 Å². The zero-order chi connectivity index (χ0) is 13.4. The van der Waals surface area contributed by atoms with Gasteiger partial charge in [-0.25, -0.2) is 0 Å². The van der Waals surface area contributed by atoms with Crippen LogP contribution in [0.1, 0.15) is 74.7 Å². The molecule has 102 valence electrons. The molecule has 0 aliphatic rings. The third kappa shape index (κ3) is 4.81. The highest BCUT2D eigenvalue weighted by atomic mass is 16.3. The van der Waals surface area contributed by atoms with Crippen LogP contribution in [0, 0.1) is 13.8 Å². The molecule has 1 rings (SSSR count). The monoisotopic (exact) mass is 248 g/mol. The predicted molar refractivity (Wildman–Crippen MR) is 78.9 cm³/mol.